The van der Waals surface area contributed by atoms with Gasteiger partial charge in [0.15, 0.2) is 5.82 Å². The molecule has 1 atom stereocenters. The van der Waals surface area contributed by atoms with Crippen LogP contribution in [0.4, 0.5) is 0 Å². The number of aryl methyl sites for hydroxylation is 1. The number of hydrogen-bond donors (Lipinski definition) is 0. The molecule has 2 fully saturated rings. The van der Waals surface area contributed by atoms with Gasteiger partial charge in [-0.1, -0.05) is 17.3 Å². The number of fused-ring (bicyclic) bond motifs is 1. The van der Waals surface area contributed by atoms with Gasteiger partial charge in [-0.25, -0.2) is 4.98 Å². The lowest BCUT2D eigenvalue weighted by molar-refractivity contribution is 0.227. The lowest BCUT2D eigenvalue weighted by Crippen LogP contribution is -2.25. The molecule has 24 heavy (non-hydrogen) atoms. The molecule has 0 radical (unpaired) electrons. The summed E-state index contributed by atoms with van der Waals surface area (Å²) in [4.78, 5) is 11.9. The second kappa shape index (κ2) is 5.41. The molecule has 2 aliphatic rings. The summed E-state index contributed by atoms with van der Waals surface area (Å²) in [5.74, 6) is 3.29. The molecule has 3 heterocycles. The fourth-order valence-electron chi connectivity index (χ4n) is 3.70. The Morgan fingerprint density at radius 1 is 1.17 bits per heavy atom. The predicted octanol–water partition coefficient (Wildman–Crippen LogP) is 3.17. The van der Waals surface area contributed by atoms with Crippen molar-refractivity contribution in [1.29, 1.82) is 0 Å². The van der Waals surface area contributed by atoms with Crippen LogP contribution in [0.2, 0.25) is 0 Å². The van der Waals surface area contributed by atoms with Crippen molar-refractivity contribution < 1.29 is 4.52 Å². The molecule has 124 valence electrons. The minimum Gasteiger partial charge on any atom is -0.339 e. The highest BCUT2D eigenvalue weighted by atomic mass is 16.5. The molecular formula is C18H21N5O. The second-order valence-electron chi connectivity index (χ2n) is 6.97. The van der Waals surface area contributed by atoms with Gasteiger partial charge in [0.1, 0.15) is 5.82 Å². The SMILES string of the molecule is Cn1c(CN2CCCC2c2noc(C3CC3)n2)nc2ccccc21. The van der Waals surface area contributed by atoms with Crippen LogP contribution in [-0.2, 0) is 13.6 Å². The van der Waals surface area contributed by atoms with E-state index in [1.165, 1.54) is 24.8 Å². The Morgan fingerprint density at radius 2 is 2.04 bits per heavy atom. The normalized spacial score (nSPS) is 21.8. The minimum atomic E-state index is 0.251. The Labute approximate surface area is 140 Å². The molecule has 6 nitrogen and oxygen atoms in total. The highest BCUT2D eigenvalue weighted by molar-refractivity contribution is 5.75. The molecule has 1 saturated heterocycles. The second-order valence-corrected chi connectivity index (χ2v) is 6.97. The number of para-hydroxylation sites is 2. The van der Waals surface area contributed by atoms with Gasteiger partial charge in [0, 0.05) is 13.0 Å². The van der Waals surface area contributed by atoms with Crippen molar-refractivity contribution in [3.05, 3.63) is 41.8 Å². The van der Waals surface area contributed by atoms with Gasteiger partial charge in [-0.3, -0.25) is 4.90 Å². The molecule has 5 rings (SSSR count). The first-order chi connectivity index (χ1) is 11.8. The largest absolute Gasteiger partial charge is 0.339 e. The molecule has 0 amide bonds. The van der Waals surface area contributed by atoms with Crippen molar-refractivity contribution in [2.75, 3.05) is 6.54 Å². The highest BCUT2D eigenvalue weighted by Crippen LogP contribution is 2.40. The Hall–Kier alpha value is -2.21. The summed E-state index contributed by atoms with van der Waals surface area (Å²) in [7, 11) is 2.09. The monoisotopic (exact) mass is 323 g/mol. The molecule has 2 aromatic heterocycles. The van der Waals surface area contributed by atoms with Crippen molar-refractivity contribution in [3.63, 3.8) is 0 Å². The van der Waals surface area contributed by atoms with Crippen LogP contribution >= 0.6 is 0 Å². The Balaban J connectivity index is 1.41. The van der Waals surface area contributed by atoms with E-state index in [2.05, 4.69) is 44.9 Å². The average Bonchev–Trinajstić information content (AvgIpc) is 3.03. The molecule has 3 aromatic rings. The van der Waals surface area contributed by atoms with E-state index in [0.29, 0.717) is 5.92 Å². The van der Waals surface area contributed by atoms with Crippen LogP contribution in [-0.4, -0.2) is 31.1 Å². The predicted molar refractivity (Wildman–Crippen MR) is 89.4 cm³/mol. The van der Waals surface area contributed by atoms with Crippen molar-refractivity contribution in [1.82, 2.24) is 24.6 Å². The first-order valence-electron chi connectivity index (χ1n) is 8.77. The molecule has 0 bridgehead atoms. The summed E-state index contributed by atoms with van der Waals surface area (Å²) < 4.78 is 7.65. The zero-order valence-electron chi connectivity index (χ0n) is 13.9. The number of benzene rings is 1. The number of nitrogens with zero attached hydrogens (tertiary/aromatic N) is 5. The van der Waals surface area contributed by atoms with E-state index in [1.807, 2.05) is 6.07 Å². The van der Waals surface area contributed by atoms with E-state index in [9.17, 15) is 0 Å². The summed E-state index contributed by atoms with van der Waals surface area (Å²) in [6, 6.07) is 8.54. The zero-order chi connectivity index (χ0) is 16.1. The van der Waals surface area contributed by atoms with Crippen molar-refractivity contribution in [2.24, 2.45) is 7.05 Å². The fourth-order valence-corrected chi connectivity index (χ4v) is 3.70. The van der Waals surface area contributed by atoms with Gasteiger partial charge in [0.05, 0.1) is 23.6 Å². The van der Waals surface area contributed by atoms with Crippen LogP contribution in [0.3, 0.4) is 0 Å². The number of aromatic nitrogens is 4. The Bertz CT molecular complexity index is 879. The van der Waals surface area contributed by atoms with Crippen molar-refractivity contribution in [3.8, 4) is 0 Å². The molecular weight excluding hydrogens is 302 g/mol. The molecule has 1 saturated carbocycles. The standard InChI is InChI=1S/C18H21N5O/c1-22-14-6-3-2-5-13(14)19-16(22)11-23-10-4-7-15(23)17-20-18(24-21-17)12-8-9-12/h2-3,5-6,12,15H,4,7-11H2,1H3. The van der Waals surface area contributed by atoms with Gasteiger partial charge < -0.3 is 9.09 Å². The van der Waals surface area contributed by atoms with Gasteiger partial charge >= 0.3 is 0 Å². The average molecular weight is 323 g/mol. The van der Waals surface area contributed by atoms with Gasteiger partial charge in [-0.05, 0) is 44.4 Å². The van der Waals surface area contributed by atoms with Crippen LogP contribution in [0.25, 0.3) is 11.0 Å². The minimum absolute atomic E-state index is 0.251. The van der Waals surface area contributed by atoms with Gasteiger partial charge in [0.25, 0.3) is 0 Å². The lowest BCUT2D eigenvalue weighted by atomic mass is 10.2. The summed E-state index contributed by atoms with van der Waals surface area (Å²) in [5, 5.41) is 4.26. The van der Waals surface area contributed by atoms with Gasteiger partial charge in [-0.15, -0.1) is 0 Å². The van der Waals surface area contributed by atoms with Crippen molar-refractivity contribution >= 4 is 11.0 Å². The third-order valence-electron chi connectivity index (χ3n) is 5.27. The Kier molecular flexibility index (Phi) is 3.19. The van der Waals surface area contributed by atoms with E-state index >= 15 is 0 Å². The molecule has 6 heteroatoms. The first-order valence-corrected chi connectivity index (χ1v) is 8.77. The van der Waals surface area contributed by atoms with E-state index in [4.69, 9.17) is 9.51 Å². The quantitative estimate of drug-likeness (QED) is 0.738. The Morgan fingerprint density at radius 3 is 2.88 bits per heavy atom. The van der Waals surface area contributed by atoms with E-state index in [-0.39, 0.29) is 6.04 Å². The van der Waals surface area contributed by atoms with Crippen LogP contribution < -0.4 is 0 Å². The van der Waals surface area contributed by atoms with Gasteiger partial charge in [0.2, 0.25) is 5.89 Å². The molecule has 1 aromatic carbocycles. The number of rotatable bonds is 4. The van der Waals surface area contributed by atoms with E-state index in [0.717, 1.165) is 42.6 Å². The third-order valence-corrected chi connectivity index (χ3v) is 5.27. The lowest BCUT2D eigenvalue weighted by Gasteiger charge is -2.21. The zero-order valence-corrected chi connectivity index (χ0v) is 13.9. The maximum Gasteiger partial charge on any atom is 0.229 e. The fraction of sp³-hybridized carbons (Fsp3) is 0.500. The number of likely N-dealkylation sites (tertiary alicyclic amines) is 1. The van der Waals surface area contributed by atoms with Crippen molar-refractivity contribution in [2.45, 2.75) is 44.2 Å². The smallest absolute Gasteiger partial charge is 0.229 e. The van der Waals surface area contributed by atoms with Crippen LogP contribution in [0.5, 0.6) is 0 Å². The summed E-state index contributed by atoms with van der Waals surface area (Å²) in [6.45, 7) is 1.88. The molecule has 0 spiro atoms. The van der Waals surface area contributed by atoms with E-state index in [1.54, 1.807) is 0 Å². The molecule has 1 aliphatic carbocycles. The third kappa shape index (κ3) is 2.33. The van der Waals surface area contributed by atoms with Gasteiger partial charge in [-0.2, -0.15) is 4.98 Å². The summed E-state index contributed by atoms with van der Waals surface area (Å²) >= 11 is 0. The number of imidazole rings is 1. The van der Waals surface area contributed by atoms with Crippen LogP contribution in [0, 0.1) is 0 Å². The molecule has 1 aliphatic heterocycles. The number of hydrogen-bond acceptors (Lipinski definition) is 5. The highest BCUT2D eigenvalue weighted by Gasteiger charge is 2.34. The summed E-state index contributed by atoms with van der Waals surface area (Å²) in [5.41, 5.74) is 2.24. The summed E-state index contributed by atoms with van der Waals surface area (Å²) in [6.07, 6.45) is 4.64. The molecule has 0 N–H and O–H groups in total. The van der Waals surface area contributed by atoms with Crippen LogP contribution in [0.1, 0.15) is 55.2 Å². The van der Waals surface area contributed by atoms with Crippen LogP contribution in [0.15, 0.2) is 28.8 Å². The topological polar surface area (TPSA) is 60.0 Å². The maximum absolute atomic E-state index is 5.46. The first kappa shape index (κ1) is 14.2. The molecule has 1 unspecified atom stereocenters. The van der Waals surface area contributed by atoms with E-state index < -0.39 is 0 Å². The maximum atomic E-state index is 5.46.